The van der Waals surface area contributed by atoms with Crippen LogP contribution in [0.1, 0.15) is 53.9 Å². The zero-order valence-electron chi connectivity index (χ0n) is 11.7. The van der Waals surface area contributed by atoms with Gasteiger partial charge in [-0.15, -0.1) is 0 Å². The molecular weight excluding hydrogens is 192 g/mol. The average Bonchev–Trinajstić information content (AvgIpc) is 3.04. The van der Waals surface area contributed by atoms with Crippen molar-refractivity contribution in [3.05, 3.63) is 0 Å². The second-order valence-corrected chi connectivity index (χ2v) is 7.60. The molecule has 3 fully saturated rings. The summed E-state index contributed by atoms with van der Waals surface area (Å²) >= 11 is 0. The Morgan fingerprint density at radius 3 is 2.25 bits per heavy atom. The normalized spacial score (nSPS) is 63.9. The molecule has 92 valence electrons. The van der Waals surface area contributed by atoms with Crippen LogP contribution < -0.4 is 0 Å². The highest BCUT2D eigenvalue weighted by Gasteiger charge is 2.63. The molecule has 0 amide bonds. The number of rotatable bonds is 2. The van der Waals surface area contributed by atoms with Gasteiger partial charge < -0.3 is 0 Å². The van der Waals surface area contributed by atoms with Crippen molar-refractivity contribution in [3.8, 4) is 0 Å². The van der Waals surface area contributed by atoms with Crippen LogP contribution in [0.25, 0.3) is 0 Å². The predicted octanol–water partition coefficient (Wildman–Crippen LogP) is 4.60. The Morgan fingerprint density at radius 2 is 1.75 bits per heavy atom. The monoisotopic (exact) mass is 220 g/mol. The third-order valence-corrected chi connectivity index (χ3v) is 6.62. The smallest absolute Gasteiger partial charge is 0.0287 e. The number of fused-ring (bicyclic) bond motifs is 1. The fourth-order valence-electron chi connectivity index (χ4n) is 5.93. The third-order valence-electron chi connectivity index (χ3n) is 6.62. The number of hydrogen-bond acceptors (Lipinski definition) is 0. The van der Waals surface area contributed by atoms with Gasteiger partial charge in [-0.1, -0.05) is 41.0 Å². The van der Waals surface area contributed by atoms with Gasteiger partial charge in [-0.05, 0) is 59.7 Å². The van der Waals surface area contributed by atoms with Crippen molar-refractivity contribution in [1.82, 2.24) is 0 Å². The lowest BCUT2D eigenvalue weighted by molar-refractivity contribution is 0.118. The Balaban J connectivity index is 1.75. The summed E-state index contributed by atoms with van der Waals surface area (Å²) in [4.78, 5) is 0. The highest BCUT2D eigenvalue weighted by atomic mass is 14.7. The summed E-state index contributed by atoms with van der Waals surface area (Å²) in [5, 5.41) is 0. The minimum Gasteiger partial charge on any atom is -0.0651 e. The molecule has 0 spiro atoms. The van der Waals surface area contributed by atoms with Crippen molar-refractivity contribution in [2.75, 3.05) is 0 Å². The van der Waals surface area contributed by atoms with Gasteiger partial charge in [0, 0.05) is 0 Å². The van der Waals surface area contributed by atoms with E-state index in [0.29, 0.717) is 5.41 Å². The van der Waals surface area contributed by atoms with Crippen molar-refractivity contribution in [3.63, 3.8) is 0 Å². The molecule has 0 radical (unpaired) electrons. The predicted molar refractivity (Wildman–Crippen MR) is 69.1 cm³/mol. The molecule has 0 aliphatic heterocycles. The first-order valence-corrected chi connectivity index (χ1v) is 7.49. The summed E-state index contributed by atoms with van der Waals surface area (Å²) < 4.78 is 0. The van der Waals surface area contributed by atoms with Crippen molar-refractivity contribution in [2.24, 2.45) is 46.8 Å². The van der Waals surface area contributed by atoms with Crippen LogP contribution in [-0.4, -0.2) is 0 Å². The highest BCUT2D eigenvalue weighted by Crippen LogP contribution is 2.70. The van der Waals surface area contributed by atoms with Crippen LogP contribution in [0.3, 0.4) is 0 Å². The quantitative estimate of drug-likeness (QED) is 0.638. The average molecular weight is 220 g/mol. The van der Waals surface area contributed by atoms with Gasteiger partial charge in [-0.2, -0.15) is 0 Å². The Hall–Kier alpha value is 0. The summed E-state index contributed by atoms with van der Waals surface area (Å²) in [5.41, 5.74) is 0.700. The van der Waals surface area contributed by atoms with E-state index < -0.39 is 0 Å². The van der Waals surface area contributed by atoms with Gasteiger partial charge in [0.25, 0.3) is 0 Å². The van der Waals surface area contributed by atoms with Crippen LogP contribution >= 0.6 is 0 Å². The molecule has 3 aliphatic carbocycles. The van der Waals surface area contributed by atoms with Crippen LogP contribution in [0.4, 0.5) is 0 Å². The minimum atomic E-state index is 0.700. The summed E-state index contributed by atoms with van der Waals surface area (Å²) in [6.45, 7) is 12.5. The lowest BCUT2D eigenvalue weighted by Gasteiger charge is -2.38. The molecule has 0 heterocycles. The Labute approximate surface area is 101 Å². The van der Waals surface area contributed by atoms with Gasteiger partial charge in [-0.25, -0.2) is 0 Å². The van der Waals surface area contributed by atoms with Crippen LogP contribution in [0.5, 0.6) is 0 Å². The van der Waals surface area contributed by atoms with E-state index in [2.05, 4.69) is 34.6 Å². The molecule has 0 bridgehead atoms. The summed E-state index contributed by atoms with van der Waals surface area (Å²) in [6, 6.07) is 0. The number of hydrogen-bond donors (Lipinski definition) is 0. The lowest BCUT2D eigenvalue weighted by Crippen LogP contribution is -2.29. The largest absolute Gasteiger partial charge is 0.0651 e. The van der Waals surface area contributed by atoms with Gasteiger partial charge in [0.15, 0.2) is 0 Å². The van der Waals surface area contributed by atoms with Crippen molar-refractivity contribution < 1.29 is 0 Å². The van der Waals surface area contributed by atoms with E-state index in [-0.39, 0.29) is 0 Å². The molecule has 8 atom stereocenters. The van der Waals surface area contributed by atoms with Crippen LogP contribution in [-0.2, 0) is 0 Å². The maximum Gasteiger partial charge on any atom is -0.0287 e. The molecule has 16 heavy (non-hydrogen) atoms. The first kappa shape index (κ1) is 11.1. The highest BCUT2D eigenvalue weighted by molar-refractivity contribution is 5.11. The van der Waals surface area contributed by atoms with Gasteiger partial charge in [0.05, 0.1) is 0 Å². The zero-order valence-corrected chi connectivity index (χ0v) is 11.7. The van der Waals surface area contributed by atoms with Crippen molar-refractivity contribution in [2.45, 2.75) is 53.9 Å². The Kier molecular flexibility index (Phi) is 2.27. The Bertz CT molecular complexity index is 284. The van der Waals surface area contributed by atoms with E-state index in [1.807, 2.05) is 0 Å². The summed E-state index contributed by atoms with van der Waals surface area (Å²) in [7, 11) is 0. The first-order chi connectivity index (χ1) is 7.49. The van der Waals surface area contributed by atoms with Crippen molar-refractivity contribution >= 4 is 0 Å². The fourth-order valence-corrected chi connectivity index (χ4v) is 5.93. The van der Waals surface area contributed by atoms with E-state index in [4.69, 9.17) is 0 Å². The molecule has 8 unspecified atom stereocenters. The molecule has 0 aromatic heterocycles. The van der Waals surface area contributed by atoms with E-state index in [9.17, 15) is 0 Å². The van der Waals surface area contributed by atoms with Gasteiger partial charge in [0.2, 0.25) is 0 Å². The lowest BCUT2D eigenvalue weighted by atomic mass is 9.67. The Morgan fingerprint density at radius 1 is 1.06 bits per heavy atom. The van der Waals surface area contributed by atoms with Gasteiger partial charge in [0.1, 0.15) is 0 Å². The molecule has 3 aliphatic rings. The second-order valence-electron chi connectivity index (χ2n) is 7.60. The second kappa shape index (κ2) is 3.27. The first-order valence-electron chi connectivity index (χ1n) is 7.49. The molecule has 3 saturated carbocycles. The zero-order chi connectivity index (χ0) is 11.7. The van der Waals surface area contributed by atoms with E-state index in [1.165, 1.54) is 12.8 Å². The van der Waals surface area contributed by atoms with Gasteiger partial charge >= 0.3 is 0 Å². The molecule has 0 nitrogen and oxygen atoms in total. The summed E-state index contributed by atoms with van der Waals surface area (Å²) in [5.74, 6) is 7.39. The van der Waals surface area contributed by atoms with Crippen LogP contribution in [0.2, 0.25) is 0 Å². The SMILES string of the molecule is CCC1C(C)C1C1(C)CC(C)C2C(C)C2C1. The third kappa shape index (κ3) is 1.34. The minimum absolute atomic E-state index is 0.700. The molecule has 0 N–H and O–H groups in total. The maximum absolute atomic E-state index is 2.61. The summed E-state index contributed by atoms with van der Waals surface area (Å²) in [6.07, 6.45) is 4.48. The molecule has 0 aromatic carbocycles. The van der Waals surface area contributed by atoms with Gasteiger partial charge in [-0.3, -0.25) is 0 Å². The fraction of sp³-hybridized carbons (Fsp3) is 1.00. The van der Waals surface area contributed by atoms with Crippen molar-refractivity contribution in [1.29, 1.82) is 0 Å². The van der Waals surface area contributed by atoms with E-state index in [1.54, 1.807) is 6.42 Å². The standard InChI is InChI=1S/C16H28/c1-6-12-11(4)15(12)16(5)7-9(2)14-10(3)13(14)8-16/h9-15H,6-8H2,1-5H3. The topological polar surface area (TPSA) is 0 Å². The van der Waals surface area contributed by atoms with Crippen LogP contribution in [0.15, 0.2) is 0 Å². The van der Waals surface area contributed by atoms with E-state index >= 15 is 0 Å². The molecule has 3 rings (SSSR count). The maximum atomic E-state index is 2.61. The van der Waals surface area contributed by atoms with E-state index in [0.717, 1.165) is 41.4 Å². The van der Waals surface area contributed by atoms with Crippen LogP contribution in [0, 0.1) is 46.8 Å². The molecular formula is C16H28. The molecule has 0 aromatic rings. The molecule has 0 saturated heterocycles. The molecule has 0 heteroatoms.